The summed E-state index contributed by atoms with van der Waals surface area (Å²) in [6, 6.07) is 0. The maximum Gasteiger partial charge on any atom is 0.358 e. The van der Waals surface area contributed by atoms with Crippen molar-refractivity contribution in [2.45, 2.75) is 26.7 Å². The van der Waals surface area contributed by atoms with Gasteiger partial charge in [-0.1, -0.05) is 13.8 Å². The second kappa shape index (κ2) is 7.15. The van der Waals surface area contributed by atoms with Crippen molar-refractivity contribution in [3.63, 3.8) is 0 Å². The maximum atomic E-state index is 12.2. The van der Waals surface area contributed by atoms with E-state index in [1.54, 1.807) is 0 Å². The molecule has 0 aliphatic carbocycles. The van der Waals surface area contributed by atoms with E-state index in [1.165, 1.54) is 16.7 Å². The van der Waals surface area contributed by atoms with E-state index < -0.39 is 21.9 Å². The smallest absolute Gasteiger partial charge is 0.358 e. The molecule has 0 aliphatic heterocycles. The first kappa shape index (κ1) is 16.3. The lowest BCUT2D eigenvalue weighted by Crippen LogP contribution is -2.37. The first-order valence-electron chi connectivity index (χ1n) is 6.24. The number of aromatic nitrogens is 2. The maximum absolute atomic E-state index is 12.2. The summed E-state index contributed by atoms with van der Waals surface area (Å²) in [6.45, 7) is 4.43. The standard InChI is InChI=1S/C11H18N4O4S/c1-3-7-15(8-4-2)20(18,19)14-10-9(11(16)17)12-5-6-13-10/h5-6H,3-4,7-8H2,1-2H3,(H,13,14)(H,16,17). The summed E-state index contributed by atoms with van der Waals surface area (Å²) in [5, 5.41) is 8.96. The fraction of sp³-hybridized carbons (Fsp3) is 0.545. The number of hydrogen-bond acceptors (Lipinski definition) is 5. The second-order valence-electron chi connectivity index (χ2n) is 4.06. The van der Waals surface area contributed by atoms with Crippen LogP contribution in [0.1, 0.15) is 37.2 Å². The Kier molecular flexibility index (Phi) is 5.83. The van der Waals surface area contributed by atoms with E-state index in [2.05, 4.69) is 14.7 Å². The molecule has 20 heavy (non-hydrogen) atoms. The van der Waals surface area contributed by atoms with Crippen molar-refractivity contribution in [2.75, 3.05) is 17.8 Å². The molecule has 112 valence electrons. The Bertz CT molecular complexity index is 555. The highest BCUT2D eigenvalue weighted by Gasteiger charge is 2.24. The van der Waals surface area contributed by atoms with Gasteiger partial charge in [-0.25, -0.2) is 14.8 Å². The van der Waals surface area contributed by atoms with Crippen molar-refractivity contribution in [3.05, 3.63) is 18.1 Å². The van der Waals surface area contributed by atoms with Gasteiger partial charge in [0.2, 0.25) is 0 Å². The van der Waals surface area contributed by atoms with Crippen molar-refractivity contribution in [2.24, 2.45) is 0 Å². The molecule has 1 heterocycles. The van der Waals surface area contributed by atoms with Crippen LogP contribution in [0.4, 0.5) is 5.82 Å². The summed E-state index contributed by atoms with van der Waals surface area (Å²) in [5.74, 6) is -1.62. The molecule has 1 aromatic heterocycles. The zero-order valence-electron chi connectivity index (χ0n) is 11.4. The normalized spacial score (nSPS) is 11.6. The van der Waals surface area contributed by atoms with Crippen LogP contribution in [0.5, 0.6) is 0 Å². The number of anilines is 1. The molecule has 0 amide bonds. The van der Waals surface area contributed by atoms with Gasteiger partial charge in [-0.05, 0) is 12.8 Å². The average molecular weight is 302 g/mol. The lowest BCUT2D eigenvalue weighted by atomic mass is 10.4. The number of carboxylic acids is 1. The fourth-order valence-electron chi connectivity index (χ4n) is 1.61. The molecule has 0 aromatic carbocycles. The zero-order chi connectivity index (χ0) is 15.2. The third-order valence-corrected chi connectivity index (χ3v) is 3.91. The predicted octanol–water partition coefficient (Wildman–Crippen LogP) is 0.954. The summed E-state index contributed by atoms with van der Waals surface area (Å²) in [6.07, 6.45) is 3.74. The fourth-order valence-corrected chi connectivity index (χ4v) is 2.98. The van der Waals surface area contributed by atoms with Crippen LogP contribution >= 0.6 is 0 Å². The molecule has 8 nitrogen and oxygen atoms in total. The molecule has 2 N–H and O–H groups in total. The van der Waals surface area contributed by atoms with Gasteiger partial charge in [0.05, 0.1) is 0 Å². The van der Waals surface area contributed by atoms with E-state index in [-0.39, 0.29) is 5.82 Å². The SMILES string of the molecule is CCCN(CCC)S(=O)(=O)Nc1nccnc1C(=O)O. The van der Waals surface area contributed by atoms with Gasteiger partial charge in [0, 0.05) is 25.5 Å². The van der Waals surface area contributed by atoms with Gasteiger partial charge in [0.15, 0.2) is 11.5 Å². The highest BCUT2D eigenvalue weighted by atomic mass is 32.2. The van der Waals surface area contributed by atoms with Crippen LogP contribution in [0, 0.1) is 0 Å². The van der Waals surface area contributed by atoms with Crippen LogP contribution in [0.15, 0.2) is 12.4 Å². The molecule has 9 heteroatoms. The number of carbonyl (C=O) groups is 1. The van der Waals surface area contributed by atoms with Gasteiger partial charge in [0.1, 0.15) is 0 Å². The molecule has 0 atom stereocenters. The highest BCUT2D eigenvalue weighted by molar-refractivity contribution is 7.90. The van der Waals surface area contributed by atoms with Crippen LogP contribution in [0.3, 0.4) is 0 Å². The first-order valence-corrected chi connectivity index (χ1v) is 7.68. The minimum atomic E-state index is -3.84. The number of hydrogen-bond donors (Lipinski definition) is 2. The predicted molar refractivity (Wildman–Crippen MR) is 73.7 cm³/mol. The van der Waals surface area contributed by atoms with Gasteiger partial charge >= 0.3 is 16.2 Å². The number of nitrogens with one attached hydrogen (secondary N) is 1. The van der Waals surface area contributed by atoms with E-state index in [0.717, 1.165) is 0 Å². The Balaban J connectivity index is 3.03. The van der Waals surface area contributed by atoms with E-state index in [9.17, 15) is 13.2 Å². The van der Waals surface area contributed by atoms with E-state index in [4.69, 9.17) is 5.11 Å². The van der Waals surface area contributed by atoms with Gasteiger partial charge < -0.3 is 5.11 Å². The Morgan fingerprint density at radius 1 is 1.25 bits per heavy atom. The molecule has 0 saturated heterocycles. The number of nitrogens with zero attached hydrogens (tertiary/aromatic N) is 3. The molecule has 0 unspecified atom stereocenters. The molecule has 1 aromatic rings. The molecule has 0 spiro atoms. The van der Waals surface area contributed by atoms with Crippen LogP contribution in [-0.2, 0) is 10.2 Å². The number of rotatable bonds is 8. The van der Waals surface area contributed by atoms with Gasteiger partial charge in [-0.3, -0.25) is 4.72 Å². The summed E-state index contributed by atoms with van der Waals surface area (Å²) in [7, 11) is -3.84. The van der Waals surface area contributed by atoms with Crippen LogP contribution in [0.25, 0.3) is 0 Å². The van der Waals surface area contributed by atoms with Crippen LogP contribution < -0.4 is 4.72 Å². The average Bonchev–Trinajstić information content (AvgIpc) is 2.38. The molecule has 0 aliphatic rings. The van der Waals surface area contributed by atoms with E-state index >= 15 is 0 Å². The van der Waals surface area contributed by atoms with Crippen molar-refractivity contribution in [1.82, 2.24) is 14.3 Å². The summed E-state index contributed by atoms with van der Waals surface area (Å²) in [4.78, 5) is 18.3. The second-order valence-corrected chi connectivity index (χ2v) is 5.74. The summed E-state index contributed by atoms with van der Waals surface area (Å²) in [5.41, 5.74) is -0.427. The monoisotopic (exact) mass is 302 g/mol. The molecular formula is C11H18N4O4S. The molecule has 0 radical (unpaired) electrons. The molecular weight excluding hydrogens is 284 g/mol. The topological polar surface area (TPSA) is 112 Å². The van der Waals surface area contributed by atoms with Gasteiger partial charge in [-0.2, -0.15) is 12.7 Å². The van der Waals surface area contributed by atoms with Crippen molar-refractivity contribution in [1.29, 1.82) is 0 Å². The lowest BCUT2D eigenvalue weighted by molar-refractivity contribution is 0.0691. The van der Waals surface area contributed by atoms with Crippen LogP contribution in [0.2, 0.25) is 0 Å². The Hall–Kier alpha value is -1.74. The zero-order valence-corrected chi connectivity index (χ0v) is 12.2. The van der Waals surface area contributed by atoms with Crippen molar-refractivity contribution >= 4 is 22.0 Å². The quantitative estimate of drug-likeness (QED) is 0.739. The summed E-state index contributed by atoms with van der Waals surface area (Å²) >= 11 is 0. The molecule has 0 fully saturated rings. The van der Waals surface area contributed by atoms with Crippen molar-refractivity contribution in [3.8, 4) is 0 Å². The highest BCUT2D eigenvalue weighted by Crippen LogP contribution is 2.13. The van der Waals surface area contributed by atoms with Crippen LogP contribution in [-0.4, -0.2) is 46.9 Å². The molecule has 1 rings (SSSR count). The largest absolute Gasteiger partial charge is 0.476 e. The third kappa shape index (κ3) is 4.14. The minimum absolute atomic E-state index is 0.280. The Morgan fingerprint density at radius 3 is 2.30 bits per heavy atom. The first-order chi connectivity index (χ1) is 9.42. The Labute approximate surface area is 118 Å². The van der Waals surface area contributed by atoms with Gasteiger partial charge in [0.25, 0.3) is 0 Å². The Morgan fingerprint density at radius 2 is 1.80 bits per heavy atom. The minimum Gasteiger partial charge on any atom is -0.476 e. The summed E-state index contributed by atoms with van der Waals surface area (Å²) < 4.78 is 27.9. The lowest BCUT2D eigenvalue weighted by Gasteiger charge is -2.21. The van der Waals surface area contributed by atoms with E-state index in [1.807, 2.05) is 13.8 Å². The number of carboxylic acid groups (broad SMARTS) is 1. The molecule has 0 bridgehead atoms. The third-order valence-electron chi connectivity index (χ3n) is 2.41. The van der Waals surface area contributed by atoms with E-state index in [0.29, 0.717) is 25.9 Å². The molecule has 0 saturated carbocycles. The van der Waals surface area contributed by atoms with Crippen molar-refractivity contribution < 1.29 is 18.3 Å². The number of aromatic carboxylic acids is 1. The van der Waals surface area contributed by atoms with Gasteiger partial charge in [-0.15, -0.1) is 0 Å².